The fourth-order valence-electron chi connectivity index (χ4n) is 2.46. The third-order valence-electron chi connectivity index (χ3n) is 3.62. The minimum absolute atomic E-state index is 0.170. The first-order valence-corrected chi connectivity index (χ1v) is 7.46. The van der Waals surface area contributed by atoms with Gasteiger partial charge in [-0.1, -0.05) is 12.8 Å². The maximum Gasteiger partial charge on any atom is 0.323 e. The van der Waals surface area contributed by atoms with Gasteiger partial charge in [-0.15, -0.1) is 0 Å². The van der Waals surface area contributed by atoms with Crippen molar-refractivity contribution in [1.29, 1.82) is 0 Å². The van der Waals surface area contributed by atoms with Crippen molar-refractivity contribution < 1.29 is 9.53 Å². The summed E-state index contributed by atoms with van der Waals surface area (Å²) in [7, 11) is 2.18. The van der Waals surface area contributed by atoms with Crippen molar-refractivity contribution in [2.45, 2.75) is 71.1 Å². The van der Waals surface area contributed by atoms with Crippen LogP contribution in [-0.4, -0.2) is 48.7 Å². The summed E-state index contributed by atoms with van der Waals surface area (Å²) in [4.78, 5) is 14.2. The van der Waals surface area contributed by atoms with Gasteiger partial charge in [0.2, 0.25) is 0 Å². The van der Waals surface area contributed by atoms with E-state index >= 15 is 0 Å². The molecule has 0 aromatic heterocycles. The summed E-state index contributed by atoms with van der Waals surface area (Å²) in [6.45, 7) is 9.36. The molecule has 4 heteroatoms. The van der Waals surface area contributed by atoms with Crippen LogP contribution in [0.4, 0.5) is 0 Å². The molecule has 19 heavy (non-hydrogen) atoms. The van der Waals surface area contributed by atoms with Crippen LogP contribution in [0.2, 0.25) is 0 Å². The average Bonchev–Trinajstić information content (AvgIpc) is 2.79. The zero-order chi connectivity index (χ0) is 14.5. The highest BCUT2D eigenvalue weighted by atomic mass is 16.6. The van der Waals surface area contributed by atoms with Crippen LogP contribution in [0.25, 0.3) is 0 Å². The molecule has 0 saturated heterocycles. The molecular formula is C15H30N2O2. The Morgan fingerprint density at radius 2 is 1.95 bits per heavy atom. The minimum atomic E-state index is -0.409. The molecule has 0 amide bonds. The molecule has 112 valence electrons. The molecule has 1 fully saturated rings. The van der Waals surface area contributed by atoms with E-state index in [1.807, 2.05) is 27.7 Å². The highest BCUT2D eigenvalue weighted by Gasteiger charge is 2.22. The number of ether oxygens (including phenoxy) is 1. The standard InChI is InChI=1S/C15H30N2O2/c1-12(14(18)19-15(2,3)4)16-10-11-17(5)13-8-6-7-9-13/h12-13,16H,6-11H2,1-5H3. The Balaban J connectivity index is 2.19. The zero-order valence-electron chi connectivity index (χ0n) is 13.2. The van der Waals surface area contributed by atoms with Crippen molar-refractivity contribution in [3.8, 4) is 0 Å². The van der Waals surface area contributed by atoms with E-state index in [0.717, 1.165) is 19.1 Å². The summed E-state index contributed by atoms with van der Waals surface area (Å²) in [6.07, 6.45) is 5.35. The number of carbonyl (C=O) groups excluding carboxylic acids is 1. The Morgan fingerprint density at radius 3 is 2.47 bits per heavy atom. The van der Waals surface area contributed by atoms with E-state index in [9.17, 15) is 4.79 Å². The first kappa shape index (κ1) is 16.4. The molecule has 4 nitrogen and oxygen atoms in total. The fraction of sp³-hybridized carbons (Fsp3) is 0.933. The van der Waals surface area contributed by atoms with Gasteiger partial charge in [0.15, 0.2) is 0 Å². The van der Waals surface area contributed by atoms with Gasteiger partial charge in [-0.3, -0.25) is 4.79 Å². The fourth-order valence-corrected chi connectivity index (χ4v) is 2.46. The lowest BCUT2D eigenvalue weighted by Crippen LogP contribution is -2.43. The number of carbonyl (C=O) groups is 1. The van der Waals surface area contributed by atoms with Crippen molar-refractivity contribution in [3.05, 3.63) is 0 Å². The number of nitrogens with one attached hydrogen (secondary N) is 1. The second-order valence-electron chi connectivity index (χ2n) is 6.63. The summed E-state index contributed by atoms with van der Waals surface area (Å²) in [5.41, 5.74) is -0.409. The molecule has 0 spiro atoms. The topological polar surface area (TPSA) is 41.6 Å². The van der Waals surface area contributed by atoms with Gasteiger partial charge in [0.05, 0.1) is 0 Å². The monoisotopic (exact) mass is 270 g/mol. The minimum Gasteiger partial charge on any atom is -0.459 e. The number of nitrogens with zero attached hydrogens (tertiary/aromatic N) is 1. The van der Waals surface area contributed by atoms with Crippen LogP contribution in [-0.2, 0) is 9.53 Å². The number of hydrogen-bond acceptors (Lipinski definition) is 4. The second-order valence-corrected chi connectivity index (χ2v) is 6.63. The third kappa shape index (κ3) is 6.39. The van der Waals surface area contributed by atoms with Crippen LogP contribution in [0.3, 0.4) is 0 Å². The third-order valence-corrected chi connectivity index (χ3v) is 3.62. The van der Waals surface area contributed by atoms with Crippen LogP contribution in [0, 0.1) is 0 Å². The SMILES string of the molecule is CC(NCCN(C)C1CCCC1)C(=O)OC(C)(C)C. The molecule has 0 aromatic rings. The molecule has 1 aliphatic carbocycles. The Bertz CT molecular complexity index is 280. The van der Waals surface area contributed by atoms with Crippen LogP contribution in [0.1, 0.15) is 53.4 Å². The first-order valence-electron chi connectivity index (χ1n) is 7.46. The van der Waals surface area contributed by atoms with Crippen molar-refractivity contribution >= 4 is 5.97 Å². The second kappa shape index (κ2) is 7.25. The summed E-state index contributed by atoms with van der Waals surface area (Å²) in [5, 5.41) is 3.24. The molecule has 1 aliphatic rings. The van der Waals surface area contributed by atoms with Gasteiger partial charge in [-0.25, -0.2) is 0 Å². The van der Waals surface area contributed by atoms with E-state index in [4.69, 9.17) is 4.74 Å². The zero-order valence-corrected chi connectivity index (χ0v) is 13.2. The smallest absolute Gasteiger partial charge is 0.323 e. The number of esters is 1. The Labute approximate surface area is 117 Å². The van der Waals surface area contributed by atoms with E-state index in [2.05, 4.69) is 17.3 Å². The lowest BCUT2D eigenvalue weighted by molar-refractivity contribution is -0.156. The molecule has 0 bridgehead atoms. The summed E-state index contributed by atoms with van der Waals surface area (Å²) >= 11 is 0. The average molecular weight is 270 g/mol. The first-order chi connectivity index (χ1) is 8.79. The van der Waals surface area contributed by atoms with Gasteiger partial charge < -0.3 is 15.0 Å². The molecule has 1 atom stereocenters. The molecule has 0 aromatic carbocycles. The molecule has 1 saturated carbocycles. The molecule has 0 heterocycles. The van der Waals surface area contributed by atoms with E-state index in [1.54, 1.807) is 0 Å². The van der Waals surface area contributed by atoms with Gasteiger partial charge in [0, 0.05) is 19.1 Å². The predicted molar refractivity (Wildman–Crippen MR) is 78.2 cm³/mol. The number of rotatable bonds is 6. The predicted octanol–water partition coefficient (Wildman–Crippen LogP) is 2.18. The lowest BCUT2D eigenvalue weighted by atomic mass is 10.2. The number of hydrogen-bond donors (Lipinski definition) is 1. The van der Waals surface area contributed by atoms with Gasteiger partial charge in [0.25, 0.3) is 0 Å². The Hall–Kier alpha value is -0.610. The summed E-state index contributed by atoms with van der Waals surface area (Å²) in [6, 6.07) is 0.495. The van der Waals surface area contributed by atoms with Crippen LogP contribution in [0.5, 0.6) is 0 Å². The summed E-state index contributed by atoms with van der Waals surface area (Å²) < 4.78 is 5.34. The highest BCUT2D eigenvalue weighted by Crippen LogP contribution is 2.21. The van der Waals surface area contributed by atoms with Gasteiger partial charge in [0.1, 0.15) is 11.6 Å². The van der Waals surface area contributed by atoms with Gasteiger partial charge in [-0.05, 0) is 47.6 Å². The van der Waals surface area contributed by atoms with Crippen LogP contribution < -0.4 is 5.32 Å². The quantitative estimate of drug-likeness (QED) is 0.751. The molecule has 1 unspecified atom stereocenters. The largest absolute Gasteiger partial charge is 0.459 e. The van der Waals surface area contributed by atoms with Crippen LogP contribution >= 0.6 is 0 Å². The molecular weight excluding hydrogens is 240 g/mol. The van der Waals surface area contributed by atoms with Crippen molar-refractivity contribution in [3.63, 3.8) is 0 Å². The Morgan fingerprint density at radius 1 is 1.37 bits per heavy atom. The lowest BCUT2D eigenvalue weighted by Gasteiger charge is -2.26. The van der Waals surface area contributed by atoms with Crippen LogP contribution in [0.15, 0.2) is 0 Å². The van der Waals surface area contributed by atoms with Gasteiger partial charge in [-0.2, -0.15) is 0 Å². The molecule has 1 rings (SSSR count). The number of likely N-dealkylation sites (N-methyl/N-ethyl adjacent to an activating group) is 1. The highest BCUT2D eigenvalue weighted by molar-refractivity contribution is 5.75. The summed E-state index contributed by atoms with van der Waals surface area (Å²) in [5.74, 6) is -0.170. The maximum absolute atomic E-state index is 11.8. The maximum atomic E-state index is 11.8. The normalized spacial score (nSPS) is 18.8. The van der Waals surface area contributed by atoms with Crippen molar-refractivity contribution in [2.24, 2.45) is 0 Å². The van der Waals surface area contributed by atoms with Gasteiger partial charge >= 0.3 is 5.97 Å². The molecule has 0 aliphatic heterocycles. The molecule has 0 radical (unpaired) electrons. The van der Waals surface area contributed by atoms with E-state index < -0.39 is 5.60 Å². The Kier molecular flexibility index (Phi) is 6.27. The van der Waals surface area contributed by atoms with E-state index in [1.165, 1.54) is 25.7 Å². The van der Waals surface area contributed by atoms with Crippen molar-refractivity contribution in [1.82, 2.24) is 10.2 Å². The van der Waals surface area contributed by atoms with E-state index in [0.29, 0.717) is 0 Å². The molecule has 1 N–H and O–H groups in total. The van der Waals surface area contributed by atoms with E-state index in [-0.39, 0.29) is 12.0 Å². The van der Waals surface area contributed by atoms with Crippen molar-refractivity contribution in [2.75, 3.05) is 20.1 Å².